The van der Waals surface area contributed by atoms with Crippen molar-refractivity contribution in [2.75, 3.05) is 4.72 Å². The number of anilines is 1. The molecule has 3 aromatic carbocycles. The van der Waals surface area contributed by atoms with Crippen LogP contribution in [-0.4, -0.2) is 18.6 Å². The molecule has 2 N–H and O–H groups in total. The first kappa shape index (κ1) is 18.4. The van der Waals surface area contributed by atoms with Crippen LogP contribution in [0.2, 0.25) is 5.02 Å². The summed E-state index contributed by atoms with van der Waals surface area (Å²) >= 11 is 6.22. The summed E-state index contributed by atoms with van der Waals surface area (Å²) in [6.07, 6.45) is 0. The molecule has 0 saturated heterocycles. The summed E-state index contributed by atoms with van der Waals surface area (Å²) in [6, 6.07) is 14.1. The Morgan fingerprint density at radius 3 is 2.57 bits per heavy atom. The van der Waals surface area contributed by atoms with Gasteiger partial charge in [0.25, 0.3) is 10.0 Å². The lowest BCUT2D eigenvalue weighted by Gasteiger charge is -2.09. The van der Waals surface area contributed by atoms with Crippen LogP contribution in [-0.2, 0) is 10.0 Å². The highest BCUT2D eigenvalue weighted by Crippen LogP contribution is 2.33. The number of benzene rings is 3. The highest BCUT2D eigenvalue weighted by atomic mass is 35.5. The van der Waals surface area contributed by atoms with Crippen LogP contribution in [0.5, 0.6) is 0 Å². The second-order valence-electron chi connectivity index (χ2n) is 5.99. The van der Waals surface area contributed by atoms with E-state index in [1.807, 2.05) is 12.1 Å². The van der Waals surface area contributed by atoms with Gasteiger partial charge in [0.2, 0.25) is 0 Å². The number of H-pyrrole nitrogens is 1. The number of fused-ring (bicyclic) bond motifs is 1. The SMILES string of the molecule is O=S(=O)(Nc1ccc2c(-c3ccccc3Cl)n[nH]c2c1)c1cc(F)ccc1F. The van der Waals surface area contributed by atoms with Gasteiger partial charge in [-0.2, -0.15) is 5.10 Å². The van der Waals surface area contributed by atoms with E-state index in [0.29, 0.717) is 22.3 Å². The summed E-state index contributed by atoms with van der Waals surface area (Å²) in [5, 5.41) is 8.33. The van der Waals surface area contributed by atoms with E-state index >= 15 is 0 Å². The molecule has 4 rings (SSSR count). The molecule has 142 valence electrons. The van der Waals surface area contributed by atoms with Crippen molar-refractivity contribution >= 4 is 38.2 Å². The standard InChI is InChI=1S/C19H12ClF2N3O2S/c20-15-4-2-1-3-13(15)19-14-7-6-12(10-17(14)23-24-19)25-28(26,27)18-9-11(21)5-8-16(18)22/h1-10,25H,(H,23,24). The number of aromatic amines is 1. The Morgan fingerprint density at radius 1 is 1.00 bits per heavy atom. The summed E-state index contributed by atoms with van der Waals surface area (Å²) in [5.74, 6) is -1.90. The number of hydrogen-bond acceptors (Lipinski definition) is 3. The number of nitrogens with one attached hydrogen (secondary N) is 2. The van der Waals surface area contributed by atoms with Crippen LogP contribution >= 0.6 is 11.6 Å². The minimum absolute atomic E-state index is 0.172. The molecule has 0 fully saturated rings. The normalized spacial score (nSPS) is 11.7. The molecule has 0 bridgehead atoms. The number of halogens is 3. The summed E-state index contributed by atoms with van der Waals surface area (Å²) in [5.41, 5.74) is 2.07. The van der Waals surface area contributed by atoms with Crippen molar-refractivity contribution in [2.24, 2.45) is 0 Å². The van der Waals surface area contributed by atoms with Gasteiger partial charge in [-0.05, 0) is 42.5 Å². The molecule has 1 aromatic heterocycles. The van der Waals surface area contributed by atoms with E-state index in [2.05, 4.69) is 14.9 Å². The molecule has 9 heteroatoms. The summed E-state index contributed by atoms with van der Waals surface area (Å²) < 4.78 is 54.3. The highest BCUT2D eigenvalue weighted by molar-refractivity contribution is 7.92. The van der Waals surface area contributed by atoms with Crippen molar-refractivity contribution in [1.82, 2.24) is 10.2 Å². The highest BCUT2D eigenvalue weighted by Gasteiger charge is 2.21. The fourth-order valence-electron chi connectivity index (χ4n) is 2.83. The maximum Gasteiger partial charge on any atom is 0.264 e. The fraction of sp³-hybridized carbons (Fsp3) is 0. The largest absolute Gasteiger partial charge is 0.279 e. The van der Waals surface area contributed by atoms with Crippen LogP contribution in [0.25, 0.3) is 22.2 Å². The van der Waals surface area contributed by atoms with Crippen molar-refractivity contribution in [3.63, 3.8) is 0 Å². The average molecular weight is 420 g/mol. The van der Waals surface area contributed by atoms with Gasteiger partial charge in [-0.3, -0.25) is 9.82 Å². The van der Waals surface area contributed by atoms with Gasteiger partial charge in [0.15, 0.2) is 0 Å². The maximum absolute atomic E-state index is 13.8. The molecule has 0 aliphatic heterocycles. The van der Waals surface area contributed by atoms with E-state index in [4.69, 9.17) is 11.6 Å². The van der Waals surface area contributed by atoms with E-state index < -0.39 is 26.6 Å². The molecule has 0 amide bonds. The summed E-state index contributed by atoms with van der Waals surface area (Å²) in [4.78, 5) is -0.769. The van der Waals surface area contributed by atoms with Gasteiger partial charge in [0, 0.05) is 10.9 Å². The molecule has 0 spiro atoms. The molecule has 0 atom stereocenters. The maximum atomic E-state index is 13.8. The van der Waals surface area contributed by atoms with Gasteiger partial charge >= 0.3 is 0 Å². The van der Waals surface area contributed by atoms with Crippen molar-refractivity contribution in [3.8, 4) is 11.3 Å². The monoisotopic (exact) mass is 419 g/mol. The molecule has 0 radical (unpaired) electrons. The lowest BCUT2D eigenvalue weighted by molar-refractivity contribution is 0.555. The number of rotatable bonds is 4. The first-order chi connectivity index (χ1) is 13.3. The zero-order chi connectivity index (χ0) is 19.9. The van der Waals surface area contributed by atoms with Gasteiger partial charge < -0.3 is 0 Å². The predicted molar refractivity (Wildman–Crippen MR) is 104 cm³/mol. The first-order valence-electron chi connectivity index (χ1n) is 8.06. The number of sulfonamides is 1. The third-order valence-corrected chi connectivity index (χ3v) is 5.85. The second-order valence-corrected chi connectivity index (χ2v) is 8.05. The molecule has 0 aliphatic carbocycles. The first-order valence-corrected chi connectivity index (χ1v) is 9.92. The van der Waals surface area contributed by atoms with Gasteiger partial charge in [-0.25, -0.2) is 17.2 Å². The van der Waals surface area contributed by atoms with Gasteiger partial charge in [0.1, 0.15) is 22.2 Å². The van der Waals surface area contributed by atoms with Crippen LogP contribution in [0.4, 0.5) is 14.5 Å². The lowest BCUT2D eigenvalue weighted by atomic mass is 10.1. The van der Waals surface area contributed by atoms with Gasteiger partial charge in [-0.15, -0.1) is 0 Å². The fourth-order valence-corrected chi connectivity index (χ4v) is 4.20. The zero-order valence-electron chi connectivity index (χ0n) is 14.1. The third-order valence-electron chi connectivity index (χ3n) is 4.13. The van der Waals surface area contributed by atoms with E-state index in [1.165, 1.54) is 12.1 Å². The molecular weight excluding hydrogens is 408 g/mol. The van der Waals surface area contributed by atoms with Crippen molar-refractivity contribution in [1.29, 1.82) is 0 Å². The average Bonchev–Trinajstić information content (AvgIpc) is 3.06. The van der Waals surface area contributed by atoms with E-state index in [1.54, 1.807) is 18.2 Å². The molecule has 0 saturated carbocycles. The molecule has 1 heterocycles. The quantitative estimate of drug-likeness (QED) is 0.490. The van der Waals surface area contributed by atoms with Crippen LogP contribution in [0.15, 0.2) is 65.6 Å². The smallest absolute Gasteiger partial charge is 0.264 e. The van der Waals surface area contributed by atoms with Crippen LogP contribution in [0.3, 0.4) is 0 Å². The van der Waals surface area contributed by atoms with Crippen LogP contribution in [0, 0.1) is 11.6 Å². The molecule has 28 heavy (non-hydrogen) atoms. The Morgan fingerprint density at radius 2 is 1.79 bits per heavy atom. The summed E-state index contributed by atoms with van der Waals surface area (Å²) in [7, 11) is -4.31. The minimum Gasteiger partial charge on any atom is -0.279 e. The number of nitrogens with zero attached hydrogens (tertiary/aromatic N) is 1. The predicted octanol–water partition coefficient (Wildman–Crippen LogP) is 4.96. The van der Waals surface area contributed by atoms with Crippen LogP contribution in [0.1, 0.15) is 0 Å². The Hall–Kier alpha value is -2.97. The van der Waals surface area contributed by atoms with E-state index in [0.717, 1.165) is 23.1 Å². The van der Waals surface area contributed by atoms with Gasteiger partial charge in [0.05, 0.1) is 16.2 Å². The molecule has 0 unspecified atom stereocenters. The molecule has 5 nitrogen and oxygen atoms in total. The van der Waals surface area contributed by atoms with Crippen molar-refractivity contribution in [2.45, 2.75) is 4.90 Å². The Kier molecular flexibility index (Phi) is 4.52. The van der Waals surface area contributed by atoms with E-state index in [9.17, 15) is 17.2 Å². The molecule has 4 aromatic rings. The number of aromatic nitrogens is 2. The Bertz CT molecular complexity index is 1310. The lowest BCUT2D eigenvalue weighted by Crippen LogP contribution is -2.14. The minimum atomic E-state index is -4.31. The Labute approximate surface area is 164 Å². The topological polar surface area (TPSA) is 74.8 Å². The molecule has 0 aliphatic rings. The van der Waals surface area contributed by atoms with E-state index in [-0.39, 0.29) is 5.69 Å². The summed E-state index contributed by atoms with van der Waals surface area (Å²) in [6.45, 7) is 0. The van der Waals surface area contributed by atoms with Crippen molar-refractivity contribution < 1.29 is 17.2 Å². The van der Waals surface area contributed by atoms with Gasteiger partial charge in [-0.1, -0.05) is 29.8 Å². The Balaban J connectivity index is 1.72. The van der Waals surface area contributed by atoms with Crippen molar-refractivity contribution in [3.05, 3.63) is 77.3 Å². The third kappa shape index (κ3) is 3.32. The zero-order valence-corrected chi connectivity index (χ0v) is 15.7. The van der Waals surface area contributed by atoms with Crippen LogP contribution < -0.4 is 4.72 Å². The number of hydrogen-bond donors (Lipinski definition) is 2. The second kappa shape index (κ2) is 6.88. The molecular formula is C19H12ClF2N3O2S.